The summed E-state index contributed by atoms with van der Waals surface area (Å²) >= 11 is 0. The number of benzene rings is 1. The Balaban J connectivity index is 1.40. The van der Waals surface area contributed by atoms with Crippen molar-refractivity contribution in [3.63, 3.8) is 0 Å². The summed E-state index contributed by atoms with van der Waals surface area (Å²) in [6.07, 6.45) is 5.92. The number of pyridine rings is 1. The van der Waals surface area contributed by atoms with Gasteiger partial charge >= 0.3 is 0 Å². The van der Waals surface area contributed by atoms with Crippen LogP contribution in [-0.4, -0.2) is 48.5 Å². The highest BCUT2D eigenvalue weighted by Crippen LogP contribution is 2.31. The third-order valence-electron chi connectivity index (χ3n) is 7.27. The van der Waals surface area contributed by atoms with E-state index in [0.29, 0.717) is 22.7 Å². The van der Waals surface area contributed by atoms with Gasteiger partial charge in [-0.3, -0.25) is 4.90 Å². The lowest BCUT2D eigenvalue weighted by Gasteiger charge is -2.36. The molecular weight excluding hydrogens is 486 g/mol. The third kappa shape index (κ3) is 5.10. The average Bonchev–Trinajstić information content (AvgIpc) is 3.24. The van der Waals surface area contributed by atoms with Gasteiger partial charge in [0.15, 0.2) is 11.6 Å². The van der Waals surface area contributed by atoms with Crippen LogP contribution in [0.5, 0.6) is 0 Å². The van der Waals surface area contributed by atoms with Crippen LogP contribution in [-0.2, 0) is 0 Å². The van der Waals surface area contributed by atoms with E-state index in [9.17, 15) is 8.78 Å². The van der Waals surface area contributed by atoms with Crippen LogP contribution in [0, 0.1) is 18.6 Å². The summed E-state index contributed by atoms with van der Waals surface area (Å²) in [6.45, 7) is 9.96. The summed E-state index contributed by atoms with van der Waals surface area (Å²) in [6, 6.07) is 7.53. The van der Waals surface area contributed by atoms with Gasteiger partial charge in [-0.2, -0.15) is 0 Å². The summed E-state index contributed by atoms with van der Waals surface area (Å²) in [7, 11) is 0. The number of imidazole rings is 1. The van der Waals surface area contributed by atoms with Crippen molar-refractivity contribution in [2.75, 3.05) is 18.4 Å². The van der Waals surface area contributed by atoms with E-state index in [-0.39, 0.29) is 35.3 Å². The first-order valence-corrected chi connectivity index (χ1v) is 13.2. The lowest BCUT2D eigenvalue weighted by Crippen LogP contribution is -2.41. The molecule has 200 valence electrons. The fraction of sp³-hybridized carbons (Fsp3) is 0.429. The van der Waals surface area contributed by atoms with E-state index in [2.05, 4.69) is 37.1 Å². The van der Waals surface area contributed by atoms with Crippen LogP contribution in [0.3, 0.4) is 0 Å². The first-order valence-electron chi connectivity index (χ1n) is 13.2. The highest BCUT2D eigenvalue weighted by atomic mass is 19.1. The molecule has 0 radical (unpaired) electrons. The van der Waals surface area contributed by atoms with Gasteiger partial charge < -0.3 is 15.6 Å². The van der Waals surface area contributed by atoms with Crippen molar-refractivity contribution < 1.29 is 8.78 Å². The molecular formula is C28H34F2N8. The van der Waals surface area contributed by atoms with Gasteiger partial charge in [-0.1, -0.05) is 13.0 Å². The number of nitrogens with one attached hydrogen (secondary N) is 1. The number of hydrogen-bond donors (Lipinski definition) is 2. The molecule has 1 atom stereocenters. The Labute approximate surface area is 221 Å². The number of likely N-dealkylation sites (tertiary alicyclic amines) is 1. The summed E-state index contributed by atoms with van der Waals surface area (Å²) in [5.41, 5.74) is 8.38. The van der Waals surface area contributed by atoms with E-state index >= 15 is 0 Å². The van der Waals surface area contributed by atoms with Crippen molar-refractivity contribution in [3.05, 3.63) is 59.7 Å². The van der Waals surface area contributed by atoms with Crippen molar-refractivity contribution in [3.8, 4) is 11.3 Å². The van der Waals surface area contributed by atoms with Gasteiger partial charge in [-0.25, -0.2) is 28.7 Å². The van der Waals surface area contributed by atoms with E-state index in [1.54, 1.807) is 6.07 Å². The molecule has 38 heavy (non-hydrogen) atoms. The summed E-state index contributed by atoms with van der Waals surface area (Å²) in [4.78, 5) is 19.8. The Bertz CT molecular complexity index is 1430. The SMILES string of the molecule is CCC(c1ccc(Nc2ncc(F)c(-c3cc(F)c4nc(C)n(C(C)C)c4c3)n2)nc1)N1CCC(N)CC1. The minimum atomic E-state index is -0.642. The smallest absolute Gasteiger partial charge is 0.229 e. The third-order valence-corrected chi connectivity index (χ3v) is 7.27. The first-order chi connectivity index (χ1) is 18.2. The molecule has 0 aliphatic carbocycles. The van der Waals surface area contributed by atoms with Gasteiger partial charge in [0.1, 0.15) is 22.9 Å². The molecule has 5 rings (SSSR count). The van der Waals surface area contributed by atoms with E-state index in [4.69, 9.17) is 5.73 Å². The Morgan fingerprint density at radius 3 is 2.47 bits per heavy atom. The molecule has 4 aromatic rings. The van der Waals surface area contributed by atoms with Gasteiger partial charge in [-0.15, -0.1) is 0 Å². The second-order valence-corrected chi connectivity index (χ2v) is 10.2. The zero-order chi connectivity index (χ0) is 27.0. The second kappa shape index (κ2) is 10.7. The number of aryl methyl sites for hydroxylation is 1. The maximum Gasteiger partial charge on any atom is 0.229 e. The van der Waals surface area contributed by atoms with E-state index < -0.39 is 11.6 Å². The van der Waals surface area contributed by atoms with E-state index in [1.807, 2.05) is 43.7 Å². The molecule has 1 fully saturated rings. The maximum absolute atomic E-state index is 15.0. The molecule has 1 unspecified atom stereocenters. The zero-order valence-electron chi connectivity index (χ0n) is 22.2. The number of piperidine rings is 1. The van der Waals surface area contributed by atoms with Crippen molar-refractivity contribution in [2.45, 2.75) is 65.1 Å². The Hall–Kier alpha value is -3.50. The molecule has 1 aromatic carbocycles. The van der Waals surface area contributed by atoms with Crippen molar-refractivity contribution in [2.24, 2.45) is 5.73 Å². The number of aromatic nitrogens is 5. The number of nitrogens with zero attached hydrogens (tertiary/aromatic N) is 6. The molecule has 3 aromatic heterocycles. The minimum absolute atomic E-state index is 0.00318. The van der Waals surface area contributed by atoms with Gasteiger partial charge in [0.25, 0.3) is 0 Å². The topological polar surface area (TPSA) is 97.8 Å². The molecule has 10 heteroatoms. The van der Waals surface area contributed by atoms with Crippen LogP contribution in [0.2, 0.25) is 0 Å². The number of hydrogen-bond acceptors (Lipinski definition) is 7. The molecule has 0 spiro atoms. The van der Waals surface area contributed by atoms with Crippen LogP contribution < -0.4 is 11.1 Å². The van der Waals surface area contributed by atoms with Crippen molar-refractivity contribution in [1.82, 2.24) is 29.4 Å². The van der Waals surface area contributed by atoms with Gasteiger partial charge in [0, 0.05) is 43.0 Å². The fourth-order valence-corrected chi connectivity index (χ4v) is 5.41. The maximum atomic E-state index is 15.0. The van der Waals surface area contributed by atoms with Crippen LogP contribution in [0.4, 0.5) is 20.5 Å². The van der Waals surface area contributed by atoms with Crippen LogP contribution in [0.1, 0.15) is 63.5 Å². The number of fused-ring (bicyclic) bond motifs is 1. The number of halogens is 2. The lowest BCUT2D eigenvalue weighted by molar-refractivity contribution is 0.149. The Morgan fingerprint density at radius 1 is 1.05 bits per heavy atom. The molecule has 1 aliphatic heterocycles. The molecule has 0 amide bonds. The Kier molecular flexibility index (Phi) is 7.36. The summed E-state index contributed by atoms with van der Waals surface area (Å²) in [5, 5.41) is 3.05. The minimum Gasteiger partial charge on any atom is -0.328 e. The van der Waals surface area contributed by atoms with Crippen LogP contribution >= 0.6 is 0 Å². The lowest BCUT2D eigenvalue weighted by atomic mass is 9.99. The van der Waals surface area contributed by atoms with Crippen LogP contribution in [0.25, 0.3) is 22.3 Å². The molecule has 4 heterocycles. The molecule has 1 saturated heterocycles. The predicted molar refractivity (Wildman–Crippen MR) is 145 cm³/mol. The number of nitrogens with two attached hydrogens (primary N) is 1. The second-order valence-electron chi connectivity index (χ2n) is 10.2. The van der Waals surface area contributed by atoms with Crippen molar-refractivity contribution in [1.29, 1.82) is 0 Å². The van der Waals surface area contributed by atoms with Gasteiger partial charge in [-0.05, 0) is 63.8 Å². The quantitative estimate of drug-likeness (QED) is 0.324. The molecule has 3 N–H and O–H groups in total. The number of rotatable bonds is 7. The molecule has 0 saturated carbocycles. The van der Waals surface area contributed by atoms with E-state index in [0.717, 1.165) is 44.1 Å². The Morgan fingerprint density at radius 2 is 1.82 bits per heavy atom. The van der Waals surface area contributed by atoms with Crippen LogP contribution in [0.15, 0.2) is 36.7 Å². The first kappa shape index (κ1) is 26.1. The fourth-order valence-electron chi connectivity index (χ4n) is 5.41. The summed E-state index contributed by atoms with van der Waals surface area (Å²) < 4.78 is 31.7. The predicted octanol–water partition coefficient (Wildman–Crippen LogP) is 5.67. The monoisotopic (exact) mass is 520 g/mol. The standard InChI is InChI=1S/C28H34F2N8/c1-5-23(37-10-8-20(31)9-11-37)18-6-7-25(32-14-18)35-28-33-15-22(30)26(36-28)19-12-21(29)27-24(13-19)38(16(2)3)17(4)34-27/h6-7,12-16,20,23H,5,8-11,31H2,1-4H3,(H,32,33,35,36). The zero-order valence-corrected chi connectivity index (χ0v) is 22.2. The largest absolute Gasteiger partial charge is 0.328 e. The molecule has 8 nitrogen and oxygen atoms in total. The highest BCUT2D eigenvalue weighted by Gasteiger charge is 2.24. The van der Waals surface area contributed by atoms with Crippen molar-refractivity contribution >= 4 is 22.8 Å². The van der Waals surface area contributed by atoms with Gasteiger partial charge in [0.2, 0.25) is 5.95 Å². The number of anilines is 2. The normalized spacial score (nSPS) is 15.9. The average molecular weight is 521 g/mol. The summed E-state index contributed by atoms with van der Waals surface area (Å²) in [5.74, 6) is 0.243. The highest BCUT2D eigenvalue weighted by molar-refractivity contribution is 5.83. The molecule has 1 aliphatic rings. The van der Waals surface area contributed by atoms with E-state index in [1.165, 1.54) is 6.07 Å². The van der Waals surface area contributed by atoms with Gasteiger partial charge in [0.05, 0.1) is 11.7 Å². The molecule has 0 bridgehead atoms.